The first-order chi connectivity index (χ1) is 30.0. The number of furan rings is 2. The van der Waals surface area contributed by atoms with Gasteiger partial charge >= 0.3 is 0 Å². The summed E-state index contributed by atoms with van der Waals surface area (Å²) >= 11 is 0. The molecule has 0 fully saturated rings. The van der Waals surface area contributed by atoms with Gasteiger partial charge in [0.25, 0.3) is 0 Å². The maximum absolute atomic E-state index is 6.82. The van der Waals surface area contributed by atoms with Crippen LogP contribution in [0.5, 0.6) is 0 Å². The van der Waals surface area contributed by atoms with Crippen molar-refractivity contribution in [2.75, 3.05) is 9.80 Å². The zero-order valence-electron chi connectivity index (χ0n) is 36.6. The van der Waals surface area contributed by atoms with E-state index in [9.17, 15) is 0 Å². The van der Waals surface area contributed by atoms with Gasteiger partial charge in [0.15, 0.2) is 11.2 Å². The molecule has 2 aromatic heterocycles. The van der Waals surface area contributed by atoms with Gasteiger partial charge in [-0.3, -0.25) is 0 Å². The summed E-state index contributed by atoms with van der Waals surface area (Å²) in [6.07, 6.45) is 0. The molecule has 2 heterocycles. The molecule has 4 heteroatoms. The smallest absolute Gasteiger partial charge is 0.178 e. The molecule has 9 aromatic carbocycles. The first-order valence-corrected chi connectivity index (χ1v) is 21.6. The van der Waals surface area contributed by atoms with Crippen molar-refractivity contribution in [1.82, 2.24) is 0 Å². The van der Waals surface area contributed by atoms with Crippen LogP contribution >= 0.6 is 0 Å². The highest BCUT2D eigenvalue weighted by atomic mass is 16.4. The third-order valence-electron chi connectivity index (χ3n) is 12.9. The summed E-state index contributed by atoms with van der Waals surface area (Å²) in [4.78, 5) is 4.81. The normalized spacial score (nSPS) is 11.9. The molecule has 0 aliphatic rings. The molecule has 0 aliphatic heterocycles. The molecular weight excluding hydrogens is 757 g/mol. The molecule has 0 atom stereocenters. The van der Waals surface area contributed by atoms with E-state index in [1.165, 1.54) is 67.3 Å². The highest BCUT2D eigenvalue weighted by molar-refractivity contribution is 6.21. The lowest BCUT2D eigenvalue weighted by Gasteiger charge is -2.29. The van der Waals surface area contributed by atoms with Gasteiger partial charge in [0.05, 0.1) is 0 Å². The highest BCUT2D eigenvalue weighted by Gasteiger charge is 2.22. The Hall–Kier alpha value is -7.30. The molecule has 0 spiro atoms. The molecular formula is C58H48N2O2. The summed E-state index contributed by atoms with van der Waals surface area (Å²) < 4.78 is 13.6. The Bertz CT molecular complexity index is 3300. The predicted octanol–water partition coefficient (Wildman–Crippen LogP) is 17.2. The maximum Gasteiger partial charge on any atom is 0.178 e. The Morgan fingerprint density at radius 1 is 0.290 bits per heavy atom. The van der Waals surface area contributed by atoms with E-state index in [0.717, 1.165) is 76.8 Å². The molecule has 0 radical (unpaired) electrons. The Morgan fingerprint density at radius 2 is 0.629 bits per heavy atom. The fourth-order valence-corrected chi connectivity index (χ4v) is 9.46. The van der Waals surface area contributed by atoms with Crippen LogP contribution in [0.15, 0.2) is 154 Å². The molecule has 0 N–H and O–H groups in total. The Kier molecular flexibility index (Phi) is 8.59. The SMILES string of the molecule is Cc1ccc(C)c(N(c2ccc3cc4c(cc3c2)oc2c4ccc3c4cc5ccc(N(c6cc(C)ccc6C)c6cc(C)ccc6C)cc5cc4oc32)c2cc(C)ccc2C)c1. The van der Waals surface area contributed by atoms with Crippen LogP contribution in [0.25, 0.3) is 65.4 Å². The molecule has 0 saturated carbocycles. The van der Waals surface area contributed by atoms with Crippen LogP contribution < -0.4 is 9.80 Å². The summed E-state index contributed by atoms with van der Waals surface area (Å²) in [5.74, 6) is 0. The quantitative estimate of drug-likeness (QED) is 0.168. The van der Waals surface area contributed by atoms with Crippen molar-refractivity contribution in [2.45, 2.75) is 55.4 Å². The van der Waals surface area contributed by atoms with E-state index in [2.05, 4.69) is 211 Å². The van der Waals surface area contributed by atoms with Crippen molar-refractivity contribution < 1.29 is 8.83 Å². The standard InChI is InChI=1S/C58H48N2O2/c1-33-9-13-37(5)51(23-33)59(52-24-34(2)10-14-38(52)6)45-19-17-41-29-49-47-21-22-48-50-30-42-18-20-46(28-44(42)32-56(50)62-58(48)57(47)61-55(49)31-43(41)27-45)60(53-25-35(3)11-15-39(53)7)54-26-36(4)12-16-40(54)8/h9-32H,1-8H3. The van der Waals surface area contributed by atoms with E-state index in [1.54, 1.807) is 0 Å². The zero-order chi connectivity index (χ0) is 42.6. The molecule has 62 heavy (non-hydrogen) atoms. The molecule has 0 amide bonds. The summed E-state index contributed by atoms with van der Waals surface area (Å²) in [7, 11) is 0. The van der Waals surface area contributed by atoms with Crippen molar-refractivity contribution in [2.24, 2.45) is 0 Å². The number of hydrogen-bond acceptors (Lipinski definition) is 4. The number of nitrogens with zero attached hydrogens (tertiary/aromatic N) is 2. The van der Waals surface area contributed by atoms with E-state index in [1.807, 2.05) is 0 Å². The molecule has 0 saturated heterocycles. The second-order valence-corrected chi connectivity index (χ2v) is 17.6. The fraction of sp³-hybridized carbons (Fsp3) is 0.138. The molecule has 0 unspecified atom stereocenters. The number of aryl methyl sites for hydroxylation is 8. The van der Waals surface area contributed by atoms with Gasteiger partial charge in [0, 0.05) is 55.7 Å². The van der Waals surface area contributed by atoms with Gasteiger partial charge in [-0.05, 0) is 206 Å². The summed E-state index contributed by atoms with van der Waals surface area (Å²) in [5, 5.41) is 8.82. The van der Waals surface area contributed by atoms with E-state index < -0.39 is 0 Å². The van der Waals surface area contributed by atoms with Gasteiger partial charge < -0.3 is 18.6 Å². The van der Waals surface area contributed by atoms with Crippen LogP contribution in [0.1, 0.15) is 44.5 Å². The summed E-state index contributed by atoms with van der Waals surface area (Å²) in [6.45, 7) is 17.4. The lowest BCUT2D eigenvalue weighted by molar-refractivity contribution is 0.634. The lowest BCUT2D eigenvalue weighted by atomic mass is 10.0. The van der Waals surface area contributed by atoms with Crippen molar-refractivity contribution in [1.29, 1.82) is 0 Å². The minimum Gasteiger partial charge on any atom is -0.452 e. The van der Waals surface area contributed by atoms with Crippen LogP contribution in [0.2, 0.25) is 0 Å². The minimum absolute atomic E-state index is 0.775. The minimum atomic E-state index is 0.775. The van der Waals surface area contributed by atoms with Crippen LogP contribution in [-0.2, 0) is 0 Å². The molecule has 0 bridgehead atoms. The molecule has 0 aliphatic carbocycles. The molecule has 11 aromatic rings. The molecule has 4 nitrogen and oxygen atoms in total. The number of hydrogen-bond donors (Lipinski definition) is 0. The van der Waals surface area contributed by atoms with Gasteiger partial charge in [-0.2, -0.15) is 0 Å². The molecule has 11 rings (SSSR count). The Balaban J connectivity index is 1.04. The lowest BCUT2D eigenvalue weighted by Crippen LogP contribution is -2.13. The largest absolute Gasteiger partial charge is 0.452 e. The summed E-state index contributed by atoms with van der Waals surface area (Å²) in [6, 6.07) is 53.7. The summed E-state index contributed by atoms with van der Waals surface area (Å²) in [5.41, 5.74) is 20.0. The third-order valence-corrected chi connectivity index (χ3v) is 12.9. The van der Waals surface area contributed by atoms with E-state index in [0.29, 0.717) is 0 Å². The van der Waals surface area contributed by atoms with Crippen LogP contribution in [0, 0.1) is 55.4 Å². The van der Waals surface area contributed by atoms with Crippen LogP contribution in [-0.4, -0.2) is 0 Å². The van der Waals surface area contributed by atoms with Crippen molar-refractivity contribution in [3.63, 3.8) is 0 Å². The first-order valence-electron chi connectivity index (χ1n) is 21.6. The van der Waals surface area contributed by atoms with E-state index in [-0.39, 0.29) is 0 Å². The molecule has 302 valence electrons. The van der Waals surface area contributed by atoms with Crippen molar-refractivity contribution in [3.8, 4) is 0 Å². The maximum atomic E-state index is 6.82. The average molecular weight is 805 g/mol. The Labute approximate surface area is 362 Å². The predicted molar refractivity (Wildman–Crippen MR) is 263 cm³/mol. The second-order valence-electron chi connectivity index (χ2n) is 17.6. The van der Waals surface area contributed by atoms with Gasteiger partial charge in [0.2, 0.25) is 0 Å². The Morgan fingerprint density at radius 3 is 0.968 bits per heavy atom. The van der Waals surface area contributed by atoms with Crippen molar-refractivity contribution >= 4 is 99.5 Å². The fourth-order valence-electron chi connectivity index (χ4n) is 9.46. The highest BCUT2D eigenvalue weighted by Crippen LogP contribution is 2.45. The van der Waals surface area contributed by atoms with E-state index in [4.69, 9.17) is 8.83 Å². The monoisotopic (exact) mass is 804 g/mol. The average Bonchev–Trinajstić information content (AvgIpc) is 3.81. The van der Waals surface area contributed by atoms with Gasteiger partial charge in [-0.1, -0.05) is 60.7 Å². The number of benzene rings is 9. The van der Waals surface area contributed by atoms with Gasteiger partial charge in [-0.15, -0.1) is 0 Å². The zero-order valence-corrected chi connectivity index (χ0v) is 36.6. The van der Waals surface area contributed by atoms with Crippen molar-refractivity contribution in [3.05, 3.63) is 190 Å². The van der Waals surface area contributed by atoms with Gasteiger partial charge in [-0.25, -0.2) is 0 Å². The second kappa shape index (κ2) is 14.1. The number of anilines is 6. The van der Waals surface area contributed by atoms with Crippen LogP contribution in [0.4, 0.5) is 34.1 Å². The topological polar surface area (TPSA) is 32.8 Å². The first kappa shape index (κ1) is 37.7. The van der Waals surface area contributed by atoms with E-state index >= 15 is 0 Å². The number of fused-ring (bicyclic) bond motifs is 9. The van der Waals surface area contributed by atoms with Crippen LogP contribution in [0.3, 0.4) is 0 Å². The third kappa shape index (κ3) is 6.12. The van der Waals surface area contributed by atoms with Gasteiger partial charge in [0.1, 0.15) is 11.2 Å². The number of rotatable bonds is 6.